The Bertz CT molecular complexity index is 594. The smallest absolute Gasteiger partial charge is 0.230 e. The van der Waals surface area contributed by atoms with Gasteiger partial charge < -0.3 is 8.94 Å². The number of hydrogen-bond acceptors (Lipinski definition) is 7. The average molecular weight is 291 g/mol. The van der Waals surface area contributed by atoms with E-state index < -0.39 is 0 Å². The molecule has 0 amide bonds. The Morgan fingerprint density at radius 2 is 2.24 bits per heavy atom. The number of nitrogens with zero attached hydrogens (tertiary/aromatic N) is 5. The van der Waals surface area contributed by atoms with Gasteiger partial charge in [0.2, 0.25) is 11.8 Å². The highest BCUT2D eigenvalue weighted by Gasteiger charge is 2.27. The Morgan fingerprint density at radius 3 is 2.90 bits per heavy atom. The molecule has 0 bridgehead atoms. The van der Waals surface area contributed by atoms with Crippen molar-refractivity contribution in [2.24, 2.45) is 0 Å². The molecule has 1 saturated heterocycles. The normalized spacial score (nSPS) is 19.7. The van der Waals surface area contributed by atoms with Gasteiger partial charge in [-0.25, -0.2) is 0 Å². The van der Waals surface area contributed by atoms with Crippen LogP contribution in [0.25, 0.3) is 0 Å². The van der Waals surface area contributed by atoms with E-state index in [4.69, 9.17) is 8.94 Å². The lowest BCUT2D eigenvalue weighted by molar-refractivity contribution is 0.198. The molecule has 2 aromatic heterocycles. The first-order valence-corrected chi connectivity index (χ1v) is 7.24. The maximum absolute atomic E-state index is 5.44. The Kier molecular flexibility index (Phi) is 4.03. The van der Waals surface area contributed by atoms with E-state index in [0.717, 1.165) is 37.5 Å². The summed E-state index contributed by atoms with van der Waals surface area (Å²) in [4.78, 5) is 4.67. The topological polar surface area (TPSA) is 71.4 Å². The zero-order chi connectivity index (χ0) is 14.8. The molecule has 0 unspecified atom stereocenters. The van der Waals surface area contributed by atoms with Gasteiger partial charge >= 0.3 is 0 Å². The minimum Gasteiger partial charge on any atom is -0.424 e. The fourth-order valence-corrected chi connectivity index (χ4v) is 2.77. The van der Waals surface area contributed by atoms with Crippen molar-refractivity contribution in [2.45, 2.75) is 39.4 Å². The Morgan fingerprint density at radius 1 is 1.38 bits per heavy atom. The molecule has 1 aliphatic heterocycles. The van der Waals surface area contributed by atoms with E-state index in [1.807, 2.05) is 19.9 Å². The molecule has 0 N–H and O–H groups in total. The number of rotatable bonds is 5. The molecule has 0 radical (unpaired) electrons. The number of hydrogen-bond donors (Lipinski definition) is 0. The molecule has 0 spiro atoms. The quantitative estimate of drug-likeness (QED) is 0.824. The maximum Gasteiger partial charge on any atom is 0.230 e. The van der Waals surface area contributed by atoms with Crippen molar-refractivity contribution in [1.29, 1.82) is 0 Å². The average Bonchev–Trinajstić information content (AvgIpc) is 3.13. The molecule has 0 aliphatic carbocycles. The van der Waals surface area contributed by atoms with Crippen LogP contribution in [-0.4, -0.2) is 51.3 Å². The third kappa shape index (κ3) is 3.48. The number of likely N-dealkylation sites (tertiary alicyclic amines) is 1. The van der Waals surface area contributed by atoms with E-state index in [2.05, 4.69) is 32.2 Å². The van der Waals surface area contributed by atoms with Crippen LogP contribution >= 0.6 is 0 Å². The van der Waals surface area contributed by atoms with Crippen molar-refractivity contribution < 1.29 is 8.94 Å². The monoisotopic (exact) mass is 291 g/mol. The Hall–Kier alpha value is -1.73. The highest BCUT2D eigenvalue weighted by Crippen LogP contribution is 2.19. The van der Waals surface area contributed by atoms with Gasteiger partial charge in [-0.3, -0.25) is 9.80 Å². The molecule has 7 nitrogen and oxygen atoms in total. The van der Waals surface area contributed by atoms with Gasteiger partial charge in [0.25, 0.3) is 0 Å². The second-order valence-corrected chi connectivity index (χ2v) is 5.74. The number of aryl methyl sites for hydroxylation is 2. The van der Waals surface area contributed by atoms with E-state index in [1.165, 1.54) is 0 Å². The molecule has 2 aromatic rings. The molecule has 3 rings (SSSR count). The van der Waals surface area contributed by atoms with Crippen LogP contribution < -0.4 is 0 Å². The van der Waals surface area contributed by atoms with Crippen LogP contribution in [0.3, 0.4) is 0 Å². The van der Waals surface area contributed by atoms with E-state index in [0.29, 0.717) is 24.4 Å². The van der Waals surface area contributed by atoms with Crippen LogP contribution in [0, 0.1) is 13.8 Å². The summed E-state index contributed by atoms with van der Waals surface area (Å²) >= 11 is 0. The molecular formula is C14H21N5O2. The molecule has 114 valence electrons. The van der Waals surface area contributed by atoms with Crippen molar-refractivity contribution in [3.63, 3.8) is 0 Å². The SMILES string of the molecule is Cc1cc(CN2CC[C@@H](N(C)Cc3nnc(C)o3)C2)on1. The third-order valence-electron chi connectivity index (χ3n) is 3.88. The molecule has 21 heavy (non-hydrogen) atoms. The zero-order valence-electron chi connectivity index (χ0n) is 12.7. The molecule has 3 heterocycles. The summed E-state index contributed by atoms with van der Waals surface area (Å²) in [6, 6.07) is 2.50. The maximum atomic E-state index is 5.44. The van der Waals surface area contributed by atoms with Gasteiger partial charge in [-0.2, -0.15) is 0 Å². The fourth-order valence-electron chi connectivity index (χ4n) is 2.77. The molecule has 0 saturated carbocycles. The Labute approximate surface area is 123 Å². The van der Waals surface area contributed by atoms with E-state index in [9.17, 15) is 0 Å². The van der Waals surface area contributed by atoms with Crippen LogP contribution in [0.2, 0.25) is 0 Å². The van der Waals surface area contributed by atoms with Crippen LogP contribution in [0.4, 0.5) is 0 Å². The standard InChI is InChI=1S/C14H21N5O2/c1-10-6-13(21-17-10)8-19-5-4-12(7-19)18(3)9-14-16-15-11(2)20-14/h6,12H,4-5,7-9H2,1-3H3/t12-/m1/s1. The van der Waals surface area contributed by atoms with Crippen molar-refractivity contribution in [3.8, 4) is 0 Å². The minimum atomic E-state index is 0.501. The molecule has 1 aliphatic rings. The van der Waals surface area contributed by atoms with Gasteiger partial charge in [0.15, 0.2) is 5.76 Å². The second-order valence-electron chi connectivity index (χ2n) is 5.74. The molecule has 0 aromatic carbocycles. The molecule has 1 fully saturated rings. The van der Waals surface area contributed by atoms with Crippen molar-refractivity contribution in [2.75, 3.05) is 20.1 Å². The van der Waals surface area contributed by atoms with Crippen molar-refractivity contribution in [1.82, 2.24) is 25.2 Å². The first-order valence-electron chi connectivity index (χ1n) is 7.24. The highest BCUT2D eigenvalue weighted by atomic mass is 16.5. The molecule has 7 heteroatoms. The van der Waals surface area contributed by atoms with E-state index >= 15 is 0 Å². The van der Waals surface area contributed by atoms with Gasteiger partial charge in [0.1, 0.15) is 0 Å². The lowest BCUT2D eigenvalue weighted by Crippen LogP contribution is -2.34. The first kappa shape index (κ1) is 14.2. The van der Waals surface area contributed by atoms with E-state index in [-0.39, 0.29) is 0 Å². The van der Waals surface area contributed by atoms with Crippen LogP contribution in [0.15, 0.2) is 15.0 Å². The lowest BCUT2D eigenvalue weighted by atomic mass is 10.2. The predicted molar refractivity (Wildman–Crippen MR) is 75.4 cm³/mol. The van der Waals surface area contributed by atoms with Crippen LogP contribution in [0.5, 0.6) is 0 Å². The van der Waals surface area contributed by atoms with Gasteiger partial charge in [0, 0.05) is 32.1 Å². The molecular weight excluding hydrogens is 270 g/mol. The highest BCUT2D eigenvalue weighted by molar-refractivity contribution is 5.03. The Balaban J connectivity index is 1.51. The van der Waals surface area contributed by atoms with Gasteiger partial charge in [0.05, 0.1) is 18.8 Å². The van der Waals surface area contributed by atoms with Gasteiger partial charge in [-0.15, -0.1) is 10.2 Å². The summed E-state index contributed by atoms with van der Waals surface area (Å²) in [5, 5.41) is 11.8. The van der Waals surface area contributed by atoms with Crippen molar-refractivity contribution in [3.05, 3.63) is 29.3 Å². The van der Waals surface area contributed by atoms with Crippen LogP contribution in [-0.2, 0) is 13.1 Å². The molecule has 1 atom stereocenters. The number of aromatic nitrogens is 3. The van der Waals surface area contributed by atoms with Gasteiger partial charge in [-0.05, 0) is 20.4 Å². The first-order chi connectivity index (χ1) is 10.1. The lowest BCUT2D eigenvalue weighted by Gasteiger charge is -2.22. The summed E-state index contributed by atoms with van der Waals surface area (Å²) in [7, 11) is 2.10. The second kappa shape index (κ2) is 5.95. The zero-order valence-corrected chi connectivity index (χ0v) is 12.7. The summed E-state index contributed by atoms with van der Waals surface area (Å²) in [5.41, 5.74) is 0.935. The summed E-state index contributed by atoms with van der Waals surface area (Å²) in [6.45, 7) is 7.36. The summed E-state index contributed by atoms with van der Waals surface area (Å²) in [5.74, 6) is 2.23. The summed E-state index contributed by atoms with van der Waals surface area (Å²) in [6.07, 6.45) is 1.14. The largest absolute Gasteiger partial charge is 0.424 e. The fraction of sp³-hybridized carbons (Fsp3) is 0.643. The van der Waals surface area contributed by atoms with Crippen LogP contribution in [0.1, 0.15) is 29.7 Å². The number of likely N-dealkylation sites (N-methyl/N-ethyl adjacent to an activating group) is 1. The van der Waals surface area contributed by atoms with E-state index in [1.54, 1.807) is 0 Å². The third-order valence-corrected chi connectivity index (χ3v) is 3.88. The van der Waals surface area contributed by atoms with Crippen molar-refractivity contribution >= 4 is 0 Å². The minimum absolute atomic E-state index is 0.501. The predicted octanol–water partition coefficient (Wildman–Crippen LogP) is 1.38. The van der Waals surface area contributed by atoms with Gasteiger partial charge in [-0.1, -0.05) is 5.16 Å². The summed E-state index contributed by atoms with van der Waals surface area (Å²) < 4.78 is 10.7.